The summed E-state index contributed by atoms with van der Waals surface area (Å²) in [5.74, 6) is 1.02. The van der Waals surface area contributed by atoms with Crippen LogP contribution in [0.3, 0.4) is 0 Å². The van der Waals surface area contributed by atoms with Crippen LogP contribution in [0.15, 0.2) is 23.0 Å². The minimum Gasteiger partial charge on any atom is -0.472 e. The third-order valence-electron chi connectivity index (χ3n) is 2.96. The summed E-state index contributed by atoms with van der Waals surface area (Å²) < 4.78 is 5.12. The highest BCUT2D eigenvalue weighted by molar-refractivity contribution is 5.11. The first-order valence-corrected chi connectivity index (χ1v) is 5.65. The molecule has 1 aromatic heterocycles. The van der Waals surface area contributed by atoms with Gasteiger partial charge in [-0.15, -0.1) is 0 Å². The second kappa shape index (κ2) is 4.65. The van der Waals surface area contributed by atoms with Crippen LogP contribution < -0.4 is 5.32 Å². The van der Waals surface area contributed by atoms with Crippen molar-refractivity contribution < 1.29 is 4.42 Å². The SMILES string of the molecule is CCNC(CCC1CC1)c1ccoc1. The number of hydrogen-bond donors (Lipinski definition) is 1. The zero-order valence-electron chi connectivity index (χ0n) is 8.83. The molecule has 0 amide bonds. The van der Waals surface area contributed by atoms with Gasteiger partial charge in [0.1, 0.15) is 0 Å². The molecule has 2 rings (SSSR count). The molecule has 0 aliphatic heterocycles. The molecular weight excluding hydrogens is 174 g/mol. The Bertz CT molecular complexity index is 251. The maximum Gasteiger partial charge on any atom is 0.0950 e. The van der Waals surface area contributed by atoms with E-state index in [1.54, 1.807) is 6.26 Å². The summed E-state index contributed by atoms with van der Waals surface area (Å²) in [6.07, 6.45) is 9.13. The molecule has 2 heteroatoms. The number of nitrogens with one attached hydrogen (secondary N) is 1. The van der Waals surface area contributed by atoms with Crippen molar-refractivity contribution in [3.63, 3.8) is 0 Å². The fourth-order valence-corrected chi connectivity index (χ4v) is 1.92. The van der Waals surface area contributed by atoms with Crippen LogP contribution in [0.4, 0.5) is 0 Å². The second-order valence-electron chi connectivity index (χ2n) is 4.19. The van der Waals surface area contributed by atoms with Crippen LogP contribution in [0.1, 0.15) is 44.2 Å². The molecule has 1 fully saturated rings. The quantitative estimate of drug-likeness (QED) is 0.751. The van der Waals surface area contributed by atoms with Gasteiger partial charge in [0.2, 0.25) is 0 Å². The molecule has 0 radical (unpaired) electrons. The summed E-state index contributed by atoms with van der Waals surface area (Å²) in [4.78, 5) is 0. The smallest absolute Gasteiger partial charge is 0.0950 e. The Morgan fingerprint density at radius 2 is 2.43 bits per heavy atom. The van der Waals surface area contributed by atoms with E-state index in [4.69, 9.17) is 4.42 Å². The Kier molecular flexibility index (Phi) is 3.25. The minimum absolute atomic E-state index is 0.499. The molecule has 0 saturated heterocycles. The molecule has 2 nitrogen and oxygen atoms in total. The fourth-order valence-electron chi connectivity index (χ4n) is 1.92. The molecule has 1 heterocycles. The van der Waals surface area contributed by atoms with E-state index in [1.807, 2.05) is 6.26 Å². The molecule has 1 N–H and O–H groups in total. The van der Waals surface area contributed by atoms with E-state index in [0.29, 0.717) is 6.04 Å². The minimum atomic E-state index is 0.499. The first-order chi connectivity index (χ1) is 6.90. The molecule has 0 spiro atoms. The summed E-state index contributed by atoms with van der Waals surface area (Å²) >= 11 is 0. The van der Waals surface area contributed by atoms with Crippen molar-refractivity contribution in [1.82, 2.24) is 5.32 Å². The lowest BCUT2D eigenvalue weighted by Crippen LogP contribution is -2.20. The molecule has 1 atom stereocenters. The average molecular weight is 193 g/mol. The Hall–Kier alpha value is -0.760. The molecule has 0 bridgehead atoms. The summed E-state index contributed by atoms with van der Waals surface area (Å²) in [6, 6.07) is 2.57. The lowest BCUT2D eigenvalue weighted by Gasteiger charge is -2.15. The van der Waals surface area contributed by atoms with Gasteiger partial charge in [0, 0.05) is 11.6 Å². The van der Waals surface area contributed by atoms with Crippen molar-refractivity contribution >= 4 is 0 Å². The van der Waals surface area contributed by atoms with Crippen LogP contribution in [0.25, 0.3) is 0 Å². The maximum absolute atomic E-state index is 5.12. The molecule has 1 saturated carbocycles. The predicted molar refractivity (Wildman–Crippen MR) is 57.1 cm³/mol. The van der Waals surface area contributed by atoms with Crippen LogP contribution in [0.2, 0.25) is 0 Å². The number of hydrogen-bond acceptors (Lipinski definition) is 2. The van der Waals surface area contributed by atoms with Gasteiger partial charge >= 0.3 is 0 Å². The lowest BCUT2D eigenvalue weighted by molar-refractivity contribution is 0.473. The number of furan rings is 1. The summed E-state index contributed by atoms with van der Waals surface area (Å²) in [5.41, 5.74) is 1.30. The zero-order chi connectivity index (χ0) is 9.80. The van der Waals surface area contributed by atoms with Crippen LogP contribution in [0, 0.1) is 5.92 Å². The lowest BCUT2D eigenvalue weighted by atomic mass is 10.0. The fraction of sp³-hybridized carbons (Fsp3) is 0.667. The third-order valence-corrected chi connectivity index (χ3v) is 2.96. The second-order valence-corrected chi connectivity index (χ2v) is 4.19. The number of rotatable bonds is 6. The van der Waals surface area contributed by atoms with Gasteiger partial charge in [0.25, 0.3) is 0 Å². The summed E-state index contributed by atoms with van der Waals surface area (Å²) in [5, 5.41) is 3.51. The highest BCUT2D eigenvalue weighted by Gasteiger charge is 2.23. The molecular formula is C12H19NO. The Balaban J connectivity index is 1.85. The van der Waals surface area contributed by atoms with Gasteiger partial charge in [-0.3, -0.25) is 0 Å². The summed E-state index contributed by atoms with van der Waals surface area (Å²) in [7, 11) is 0. The molecule has 14 heavy (non-hydrogen) atoms. The molecule has 1 aliphatic carbocycles. The highest BCUT2D eigenvalue weighted by atomic mass is 16.3. The van der Waals surface area contributed by atoms with Gasteiger partial charge in [0.05, 0.1) is 12.5 Å². The largest absolute Gasteiger partial charge is 0.472 e. The van der Waals surface area contributed by atoms with Crippen LogP contribution in [-0.2, 0) is 0 Å². The summed E-state index contributed by atoms with van der Waals surface area (Å²) in [6.45, 7) is 3.19. The van der Waals surface area contributed by atoms with Crippen LogP contribution in [-0.4, -0.2) is 6.54 Å². The van der Waals surface area contributed by atoms with Crippen LogP contribution >= 0.6 is 0 Å². The van der Waals surface area contributed by atoms with E-state index in [-0.39, 0.29) is 0 Å². The van der Waals surface area contributed by atoms with Crippen molar-refractivity contribution in [1.29, 1.82) is 0 Å². The molecule has 0 aromatic carbocycles. The first-order valence-electron chi connectivity index (χ1n) is 5.65. The van der Waals surface area contributed by atoms with Crippen molar-refractivity contribution in [3.8, 4) is 0 Å². The van der Waals surface area contributed by atoms with Gasteiger partial charge < -0.3 is 9.73 Å². The van der Waals surface area contributed by atoms with E-state index >= 15 is 0 Å². The van der Waals surface area contributed by atoms with E-state index in [1.165, 1.54) is 31.2 Å². The van der Waals surface area contributed by atoms with E-state index in [9.17, 15) is 0 Å². The highest BCUT2D eigenvalue weighted by Crippen LogP contribution is 2.35. The third kappa shape index (κ3) is 2.61. The Morgan fingerprint density at radius 1 is 1.57 bits per heavy atom. The van der Waals surface area contributed by atoms with Crippen LogP contribution in [0.5, 0.6) is 0 Å². The first kappa shape index (κ1) is 9.78. The molecule has 1 aliphatic rings. The Labute approximate surface area is 85.7 Å². The van der Waals surface area contributed by atoms with Crippen molar-refractivity contribution in [2.45, 2.75) is 38.6 Å². The normalized spacial score (nSPS) is 18.4. The van der Waals surface area contributed by atoms with Gasteiger partial charge in [-0.2, -0.15) is 0 Å². The monoisotopic (exact) mass is 193 g/mol. The van der Waals surface area contributed by atoms with Crippen molar-refractivity contribution in [2.24, 2.45) is 5.92 Å². The van der Waals surface area contributed by atoms with Gasteiger partial charge in [0.15, 0.2) is 0 Å². The van der Waals surface area contributed by atoms with E-state index in [2.05, 4.69) is 18.3 Å². The van der Waals surface area contributed by atoms with Gasteiger partial charge in [-0.25, -0.2) is 0 Å². The van der Waals surface area contributed by atoms with E-state index in [0.717, 1.165) is 12.5 Å². The van der Waals surface area contributed by atoms with Crippen molar-refractivity contribution in [2.75, 3.05) is 6.54 Å². The van der Waals surface area contributed by atoms with Crippen molar-refractivity contribution in [3.05, 3.63) is 24.2 Å². The predicted octanol–water partition coefficient (Wildman–Crippen LogP) is 3.12. The van der Waals surface area contributed by atoms with E-state index < -0.39 is 0 Å². The standard InChI is InChI=1S/C12H19NO/c1-2-13-12(6-5-10-3-4-10)11-7-8-14-9-11/h7-10,12-13H,2-6H2,1H3. The van der Waals surface area contributed by atoms with Gasteiger partial charge in [-0.1, -0.05) is 19.8 Å². The van der Waals surface area contributed by atoms with Gasteiger partial charge in [-0.05, 0) is 31.4 Å². The zero-order valence-corrected chi connectivity index (χ0v) is 8.83. The Morgan fingerprint density at radius 3 is 3.00 bits per heavy atom. The maximum atomic E-state index is 5.12. The molecule has 78 valence electrons. The molecule has 1 aromatic rings. The molecule has 1 unspecified atom stereocenters. The topological polar surface area (TPSA) is 25.2 Å². The average Bonchev–Trinajstić information content (AvgIpc) is 2.86.